The molecule has 0 saturated heterocycles. The van der Waals surface area contributed by atoms with Crippen molar-refractivity contribution in [3.8, 4) is 0 Å². The minimum atomic E-state index is -6.89. The summed E-state index contributed by atoms with van der Waals surface area (Å²) < 4.78 is 131. The summed E-state index contributed by atoms with van der Waals surface area (Å²) in [7, 11) is -6.89. The number of likely N-dealkylation sites (N-methyl/N-ethyl adjacent to an activating group) is 1. The number of esters is 1. The Morgan fingerprint density at radius 3 is 2.00 bits per heavy atom. The summed E-state index contributed by atoms with van der Waals surface area (Å²) in [5.74, 6) is -14.3. The topological polar surface area (TPSA) is 122 Å². The molecule has 0 spiro atoms. The van der Waals surface area contributed by atoms with Crippen LogP contribution in [-0.4, -0.2) is 61.1 Å². The van der Waals surface area contributed by atoms with Crippen molar-refractivity contribution < 1.29 is 62.8 Å². The molecule has 16 heteroatoms. The fraction of sp³-hybridized carbons (Fsp3) is 0.667. The molecule has 0 aliphatic rings. The highest BCUT2D eigenvalue weighted by atomic mass is 32.2. The molecule has 8 nitrogen and oxygen atoms in total. The third-order valence-corrected chi connectivity index (χ3v) is 3.81. The van der Waals surface area contributed by atoms with Crippen LogP contribution in [0.1, 0.15) is 13.3 Å². The second kappa shape index (κ2) is 8.60. The minimum Gasteiger partial charge on any atom is -0.743 e. The number of carbonyl (C=O) groups excluding carboxylic acids is 2. The lowest BCUT2D eigenvalue weighted by Gasteiger charge is -2.34. The molecule has 0 saturated carbocycles. The van der Waals surface area contributed by atoms with E-state index in [2.05, 4.69) is 16.1 Å². The van der Waals surface area contributed by atoms with Gasteiger partial charge in [0, 0.05) is 19.0 Å². The zero-order chi connectivity index (χ0) is 22.6. The standard InChI is InChI=1S/C12H14F7NO7S/c1-3-7(21)27-10(11(15,16)17,8(22)20-4-2)26-6-5-9(13,14)12(18,19)28(23,24)25/h3H,1,4-6H2,2H3,(H,20,22)(H,23,24,25)/p-1. The van der Waals surface area contributed by atoms with Crippen LogP contribution in [0.4, 0.5) is 30.7 Å². The number of halogens is 7. The maximum atomic E-state index is 13.3. The Balaban J connectivity index is 5.83. The van der Waals surface area contributed by atoms with Gasteiger partial charge in [0.05, 0.1) is 6.61 Å². The molecule has 0 aromatic carbocycles. The van der Waals surface area contributed by atoms with E-state index in [-0.39, 0.29) is 6.08 Å². The average Bonchev–Trinajstić information content (AvgIpc) is 2.51. The van der Waals surface area contributed by atoms with Gasteiger partial charge in [-0.05, 0) is 6.92 Å². The molecule has 0 radical (unpaired) electrons. The number of alkyl halides is 7. The average molecular weight is 448 g/mol. The van der Waals surface area contributed by atoms with Gasteiger partial charge < -0.3 is 19.3 Å². The largest absolute Gasteiger partial charge is 0.743 e. The number of rotatable bonds is 10. The van der Waals surface area contributed by atoms with Gasteiger partial charge in [0.2, 0.25) is 0 Å². The monoisotopic (exact) mass is 448 g/mol. The van der Waals surface area contributed by atoms with Crippen LogP contribution in [-0.2, 0) is 29.2 Å². The fourth-order valence-corrected chi connectivity index (χ4v) is 1.99. The van der Waals surface area contributed by atoms with Gasteiger partial charge in [-0.2, -0.15) is 30.7 Å². The molecule has 164 valence electrons. The molecule has 1 atom stereocenters. The van der Waals surface area contributed by atoms with Crippen LogP contribution in [0.25, 0.3) is 0 Å². The SMILES string of the molecule is C=CC(=O)OC(OCCC(F)(F)C(F)(F)S(=O)(=O)[O-])(C(=O)NCC)C(F)(F)F. The molecular formula is C12H13F7NO7S-. The first-order valence-corrected chi connectivity index (χ1v) is 8.36. The molecule has 0 heterocycles. The van der Waals surface area contributed by atoms with E-state index in [0.717, 1.165) is 6.92 Å². The molecule has 28 heavy (non-hydrogen) atoms. The van der Waals surface area contributed by atoms with E-state index in [0.29, 0.717) is 0 Å². The lowest BCUT2D eigenvalue weighted by Crippen LogP contribution is -2.61. The molecule has 1 amide bonds. The number of amides is 1. The van der Waals surface area contributed by atoms with Gasteiger partial charge >= 0.3 is 35.0 Å². The summed E-state index contributed by atoms with van der Waals surface area (Å²) in [6, 6.07) is 0. The smallest absolute Gasteiger partial charge is 0.466 e. The summed E-state index contributed by atoms with van der Waals surface area (Å²) in [5.41, 5.74) is 0. The van der Waals surface area contributed by atoms with Crippen LogP contribution in [0.15, 0.2) is 12.7 Å². The maximum absolute atomic E-state index is 13.3. The van der Waals surface area contributed by atoms with Gasteiger partial charge in [-0.25, -0.2) is 13.2 Å². The third-order valence-electron chi connectivity index (χ3n) is 2.88. The summed E-state index contributed by atoms with van der Waals surface area (Å²) in [5, 5.41) is -4.64. The van der Waals surface area contributed by atoms with Crippen LogP contribution < -0.4 is 5.32 Å². The van der Waals surface area contributed by atoms with Gasteiger partial charge in [0.25, 0.3) is 0 Å². The summed E-state index contributed by atoms with van der Waals surface area (Å²) >= 11 is 0. The molecule has 0 aliphatic heterocycles. The second-order valence-electron chi connectivity index (χ2n) is 4.87. The first-order chi connectivity index (χ1) is 12.4. The van der Waals surface area contributed by atoms with E-state index in [4.69, 9.17) is 0 Å². The second-order valence-corrected chi connectivity index (χ2v) is 6.29. The highest BCUT2D eigenvalue weighted by Gasteiger charge is 2.67. The van der Waals surface area contributed by atoms with E-state index in [1.165, 1.54) is 0 Å². The molecule has 0 rings (SSSR count). The van der Waals surface area contributed by atoms with Crippen molar-refractivity contribution in [3.63, 3.8) is 0 Å². The van der Waals surface area contributed by atoms with Crippen LogP contribution in [0.2, 0.25) is 0 Å². The number of ether oxygens (including phenoxy) is 2. The van der Waals surface area contributed by atoms with Crippen LogP contribution in [0.5, 0.6) is 0 Å². The quantitative estimate of drug-likeness (QED) is 0.176. The normalized spacial score (nSPS) is 15.5. The van der Waals surface area contributed by atoms with Crippen molar-refractivity contribution in [2.75, 3.05) is 13.2 Å². The van der Waals surface area contributed by atoms with Crippen molar-refractivity contribution in [1.29, 1.82) is 0 Å². The van der Waals surface area contributed by atoms with Crippen molar-refractivity contribution in [3.05, 3.63) is 12.7 Å². The van der Waals surface area contributed by atoms with Crippen molar-refractivity contribution in [1.82, 2.24) is 5.32 Å². The lowest BCUT2D eigenvalue weighted by molar-refractivity contribution is -0.349. The predicted octanol–water partition coefficient (Wildman–Crippen LogP) is 1.29. The van der Waals surface area contributed by atoms with E-state index in [9.17, 15) is 53.3 Å². The number of nitrogens with one attached hydrogen (secondary N) is 1. The van der Waals surface area contributed by atoms with Gasteiger partial charge in [-0.3, -0.25) is 4.79 Å². The Bertz CT molecular complexity index is 708. The first kappa shape index (κ1) is 26.1. The van der Waals surface area contributed by atoms with Gasteiger partial charge in [-0.1, -0.05) is 6.58 Å². The van der Waals surface area contributed by atoms with E-state index in [1.807, 2.05) is 0 Å². The Labute approximate surface area is 153 Å². The molecule has 1 unspecified atom stereocenters. The van der Waals surface area contributed by atoms with E-state index < -0.39 is 64.7 Å². The summed E-state index contributed by atoms with van der Waals surface area (Å²) in [4.78, 5) is 22.9. The summed E-state index contributed by atoms with van der Waals surface area (Å²) in [6.45, 7) is 1.34. The lowest BCUT2D eigenvalue weighted by atomic mass is 10.2. The molecule has 0 aromatic heterocycles. The minimum absolute atomic E-state index is 0.163. The zero-order valence-electron chi connectivity index (χ0n) is 13.8. The van der Waals surface area contributed by atoms with Crippen molar-refractivity contribution in [2.24, 2.45) is 0 Å². The Hall–Kier alpha value is -1.94. The molecule has 0 aliphatic carbocycles. The van der Waals surface area contributed by atoms with Gasteiger partial charge in [0.1, 0.15) is 0 Å². The number of carbonyl (C=O) groups is 2. The van der Waals surface area contributed by atoms with E-state index in [1.54, 1.807) is 5.32 Å². The van der Waals surface area contributed by atoms with Crippen LogP contribution >= 0.6 is 0 Å². The molecule has 0 fully saturated rings. The number of hydrogen-bond donors (Lipinski definition) is 1. The molecule has 1 N–H and O–H groups in total. The summed E-state index contributed by atoms with van der Waals surface area (Å²) in [6.07, 6.45) is -8.17. The van der Waals surface area contributed by atoms with E-state index >= 15 is 0 Å². The first-order valence-electron chi connectivity index (χ1n) is 6.95. The number of hydrogen-bond acceptors (Lipinski definition) is 7. The maximum Gasteiger partial charge on any atom is 0.466 e. The van der Waals surface area contributed by atoms with Crippen LogP contribution in [0.3, 0.4) is 0 Å². The Kier molecular flexibility index (Phi) is 8.01. The fourth-order valence-electron chi connectivity index (χ4n) is 1.52. The highest BCUT2D eigenvalue weighted by Crippen LogP contribution is 2.42. The Morgan fingerprint density at radius 2 is 1.64 bits per heavy atom. The molecular weight excluding hydrogens is 435 g/mol. The van der Waals surface area contributed by atoms with Gasteiger partial charge in [-0.15, -0.1) is 0 Å². The predicted molar refractivity (Wildman–Crippen MR) is 73.9 cm³/mol. The highest BCUT2D eigenvalue weighted by molar-refractivity contribution is 7.86. The van der Waals surface area contributed by atoms with Gasteiger partial charge in [0.15, 0.2) is 10.1 Å². The molecule has 0 bridgehead atoms. The molecule has 0 aromatic rings. The zero-order valence-corrected chi connectivity index (χ0v) is 14.6. The van der Waals surface area contributed by atoms with Crippen molar-refractivity contribution >= 4 is 22.0 Å². The Morgan fingerprint density at radius 1 is 1.14 bits per heavy atom. The van der Waals surface area contributed by atoms with Crippen LogP contribution in [0, 0.1) is 0 Å². The third kappa shape index (κ3) is 5.32. The van der Waals surface area contributed by atoms with Crippen molar-refractivity contribution in [2.45, 2.75) is 36.5 Å².